The maximum atomic E-state index is 13.5. The third-order valence-electron chi connectivity index (χ3n) is 6.02. The number of benzene rings is 2. The Morgan fingerprint density at radius 2 is 1.70 bits per heavy atom. The van der Waals surface area contributed by atoms with Crippen molar-refractivity contribution < 1.29 is 14.3 Å². The van der Waals surface area contributed by atoms with Gasteiger partial charge in [0.25, 0.3) is 0 Å². The SMILES string of the molecule is C=C1C[C@@]2(Cl)CC=CC=C(C2=O)[C@@](C(=O)OC)(c2ccc(-c3ccccc3)cc2)C1. The van der Waals surface area contributed by atoms with Crippen LogP contribution in [-0.2, 0) is 19.7 Å². The quantitative estimate of drug-likeness (QED) is 0.373. The van der Waals surface area contributed by atoms with Crippen LogP contribution < -0.4 is 0 Å². The molecule has 0 amide bonds. The minimum absolute atomic E-state index is 0.231. The molecule has 1 saturated carbocycles. The molecule has 152 valence electrons. The summed E-state index contributed by atoms with van der Waals surface area (Å²) in [5.41, 5.74) is 2.65. The van der Waals surface area contributed by atoms with Crippen molar-refractivity contribution in [2.75, 3.05) is 7.11 Å². The van der Waals surface area contributed by atoms with Gasteiger partial charge in [-0.2, -0.15) is 0 Å². The molecule has 4 rings (SSSR count). The van der Waals surface area contributed by atoms with Crippen LogP contribution >= 0.6 is 11.6 Å². The molecule has 0 radical (unpaired) electrons. The average Bonchev–Trinajstić information content (AvgIpc) is 2.96. The Morgan fingerprint density at radius 3 is 2.37 bits per heavy atom. The second-order valence-corrected chi connectivity index (χ2v) is 8.67. The summed E-state index contributed by atoms with van der Waals surface area (Å²) in [5.74, 6) is -0.711. The predicted molar refractivity (Wildman–Crippen MR) is 119 cm³/mol. The fraction of sp³-hybridized carbons (Fsp3) is 0.231. The third-order valence-corrected chi connectivity index (χ3v) is 6.48. The maximum absolute atomic E-state index is 13.5. The smallest absolute Gasteiger partial charge is 0.321 e. The number of halogens is 1. The number of hydrogen-bond acceptors (Lipinski definition) is 3. The van der Waals surface area contributed by atoms with Gasteiger partial charge in [0.05, 0.1) is 7.11 Å². The highest BCUT2D eigenvalue weighted by molar-refractivity contribution is 6.39. The van der Waals surface area contributed by atoms with Gasteiger partial charge in [-0.1, -0.05) is 85.0 Å². The highest BCUT2D eigenvalue weighted by atomic mass is 35.5. The lowest BCUT2D eigenvalue weighted by Crippen LogP contribution is -2.43. The molecule has 1 fully saturated rings. The zero-order chi connectivity index (χ0) is 21.4. The van der Waals surface area contributed by atoms with Gasteiger partial charge >= 0.3 is 5.97 Å². The van der Waals surface area contributed by atoms with Crippen molar-refractivity contribution in [3.05, 3.63) is 96.1 Å². The minimum Gasteiger partial charge on any atom is -0.468 e. The van der Waals surface area contributed by atoms with E-state index in [0.29, 0.717) is 24.0 Å². The summed E-state index contributed by atoms with van der Waals surface area (Å²) in [4.78, 5) is 25.7. The number of alkyl halides is 1. The number of carbonyl (C=O) groups excluding carboxylic acids is 2. The van der Waals surface area contributed by atoms with Crippen molar-refractivity contribution >= 4 is 23.4 Å². The van der Waals surface area contributed by atoms with Crippen LogP contribution in [0.3, 0.4) is 0 Å². The normalized spacial score (nSPS) is 25.9. The van der Waals surface area contributed by atoms with Gasteiger partial charge in [-0.15, -0.1) is 11.6 Å². The number of Topliss-reactive ketones (excluding diaryl/α,β-unsaturated/α-hetero) is 1. The standard InChI is InChI=1S/C26H23ClO3/c1-18-16-25(27)15-7-6-10-22(23(25)28)26(17-18,24(29)30-2)21-13-11-20(12-14-21)19-8-4-3-5-9-19/h3-14H,1,15-17H2,2H3/t25-,26-/m0/s1. The molecular weight excluding hydrogens is 396 g/mol. The Balaban J connectivity index is 1.90. The second-order valence-electron chi connectivity index (χ2n) is 7.95. The molecule has 30 heavy (non-hydrogen) atoms. The maximum Gasteiger partial charge on any atom is 0.321 e. The number of methoxy groups -OCH3 is 1. The summed E-state index contributed by atoms with van der Waals surface area (Å²) in [6, 6.07) is 17.7. The third kappa shape index (κ3) is 3.23. The van der Waals surface area contributed by atoms with E-state index in [1.807, 2.05) is 66.7 Å². The molecule has 0 N–H and O–H groups in total. The highest BCUT2D eigenvalue weighted by Crippen LogP contribution is 2.49. The van der Waals surface area contributed by atoms with E-state index in [0.717, 1.165) is 16.7 Å². The number of hydrogen-bond donors (Lipinski definition) is 0. The fourth-order valence-electron chi connectivity index (χ4n) is 4.56. The Hall–Kier alpha value is -2.91. The van der Waals surface area contributed by atoms with Crippen molar-refractivity contribution in [3.8, 4) is 11.1 Å². The lowest BCUT2D eigenvalue weighted by Gasteiger charge is -2.33. The van der Waals surface area contributed by atoms with Gasteiger partial charge in [0.15, 0.2) is 5.78 Å². The van der Waals surface area contributed by atoms with Gasteiger partial charge in [0, 0.05) is 5.57 Å². The summed E-state index contributed by atoms with van der Waals surface area (Å²) in [7, 11) is 1.35. The van der Waals surface area contributed by atoms with Crippen LogP contribution in [0.5, 0.6) is 0 Å². The first-order valence-corrected chi connectivity index (χ1v) is 10.3. The van der Waals surface area contributed by atoms with E-state index in [4.69, 9.17) is 16.3 Å². The number of fused-ring (bicyclic) bond motifs is 2. The van der Waals surface area contributed by atoms with Crippen LogP contribution in [0.15, 0.2) is 90.6 Å². The monoisotopic (exact) mass is 418 g/mol. The van der Waals surface area contributed by atoms with E-state index >= 15 is 0 Å². The molecule has 0 saturated heterocycles. The van der Waals surface area contributed by atoms with Crippen molar-refractivity contribution in [2.24, 2.45) is 0 Å². The van der Waals surface area contributed by atoms with Crippen LogP contribution in [0.4, 0.5) is 0 Å². The molecule has 0 aliphatic heterocycles. The van der Waals surface area contributed by atoms with Gasteiger partial charge in [-0.05, 0) is 36.0 Å². The van der Waals surface area contributed by atoms with E-state index in [-0.39, 0.29) is 12.2 Å². The zero-order valence-electron chi connectivity index (χ0n) is 16.9. The van der Waals surface area contributed by atoms with Crippen molar-refractivity contribution in [1.82, 2.24) is 0 Å². The van der Waals surface area contributed by atoms with Gasteiger partial charge in [0.2, 0.25) is 0 Å². The first kappa shape index (κ1) is 20.4. The predicted octanol–water partition coefficient (Wildman–Crippen LogP) is 5.55. The van der Waals surface area contributed by atoms with Crippen LogP contribution in [0.2, 0.25) is 0 Å². The highest BCUT2D eigenvalue weighted by Gasteiger charge is 2.55. The van der Waals surface area contributed by atoms with Gasteiger partial charge in [-0.3, -0.25) is 9.59 Å². The Kier molecular flexibility index (Phi) is 5.25. The topological polar surface area (TPSA) is 43.4 Å². The van der Waals surface area contributed by atoms with Crippen LogP contribution in [0, 0.1) is 0 Å². The van der Waals surface area contributed by atoms with Crippen molar-refractivity contribution in [3.63, 3.8) is 0 Å². The van der Waals surface area contributed by atoms with E-state index in [1.165, 1.54) is 7.11 Å². The molecule has 0 unspecified atom stereocenters. The molecule has 2 bridgehead atoms. The summed E-state index contributed by atoms with van der Waals surface area (Å²) in [5, 5.41) is 0. The van der Waals surface area contributed by atoms with E-state index < -0.39 is 16.3 Å². The summed E-state index contributed by atoms with van der Waals surface area (Å²) >= 11 is 6.77. The molecule has 0 spiro atoms. The van der Waals surface area contributed by atoms with Gasteiger partial charge < -0.3 is 4.74 Å². The second kappa shape index (κ2) is 7.73. The number of ketones is 1. The van der Waals surface area contributed by atoms with Crippen LogP contribution in [0.1, 0.15) is 24.8 Å². The Labute approximate surface area is 181 Å². The molecule has 2 atom stereocenters. The van der Waals surface area contributed by atoms with Gasteiger partial charge in [-0.25, -0.2) is 0 Å². The van der Waals surface area contributed by atoms with Gasteiger partial charge in [0.1, 0.15) is 10.3 Å². The number of rotatable bonds is 3. The summed E-state index contributed by atoms with van der Waals surface area (Å²) < 4.78 is 5.24. The number of esters is 1. The van der Waals surface area contributed by atoms with Crippen LogP contribution in [0.25, 0.3) is 11.1 Å². The van der Waals surface area contributed by atoms with Crippen LogP contribution in [-0.4, -0.2) is 23.7 Å². The largest absolute Gasteiger partial charge is 0.468 e. The Morgan fingerprint density at radius 1 is 1.03 bits per heavy atom. The van der Waals surface area contributed by atoms with Crippen molar-refractivity contribution in [2.45, 2.75) is 29.6 Å². The summed E-state index contributed by atoms with van der Waals surface area (Å²) in [6.45, 7) is 4.15. The van der Waals surface area contributed by atoms with E-state index in [9.17, 15) is 9.59 Å². The molecular formula is C26H23ClO3. The lowest BCUT2D eigenvalue weighted by atomic mass is 9.69. The van der Waals surface area contributed by atoms with E-state index in [2.05, 4.69) is 6.58 Å². The fourth-order valence-corrected chi connectivity index (χ4v) is 4.94. The lowest BCUT2D eigenvalue weighted by molar-refractivity contribution is -0.146. The zero-order valence-corrected chi connectivity index (χ0v) is 17.6. The molecule has 4 heteroatoms. The number of allylic oxidation sites excluding steroid dienone is 4. The first-order chi connectivity index (χ1) is 14.4. The van der Waals surface area contributed by atoms with E-state index in [1.54, 1.807) is 6.08 Å². The molecule has 3 nitrogen and oxygen atoms in total. The number of ether oxygens (including phenoxy) is 1. The minimum atomic E-state index is -1.27. The molecule has 2 aromatic carbocycles. The molecule has 2 aromatic rings. The average molecular weight is 419 g/mol. The van der Waals surface area contributed by atoms with Crippen molar-refractivity contribution in [1.29, 1.82) is 0 Å². The molecule has 2 aliphatic rings. The summed E-state index contributed by atoms with van der Waals surface area (Å²) in [6.07, 6.45) is 6.41. The first-order valence-electron chi connectivity index (χ1n) is 9.93. The Bertz CT molecular complexity index is 1070. The number of carbonyl (C=O) groups is 2. The molecule has 0 aromatic heterocycles. The molecule has 0 heterocycles. The molecule has 2 aliphatic carbocycles.